The molecule has 0 radical (unpaired) electrons. The summed E-state index contributed by atoms with van der Waals surface area (Å²) in [7, 11) is 4.10. The number of ether oxygens (including phenoxy) is 1. The molecule has 0 aliphatic rings. The third-order valence-electron chi connectivity index (χ3n) is 3.42. The van der Waals surface area contributed by atoms with Crippen LogP contribution in [0.1, 0.15) is 20.8 Å². The average molecular weight is 362 g/mol. The number of fused-ring (bicyclic) bond motifs is 1. The zero-order valence-electron chi connectivity index (χ0n) is 15.6. The van der Waals surface area contributed by atoms with Crippen molar-refractivity contribution in [3.05, 3.63) is 36.4 Å². The zero-order valence-corrected chi connectivity index (χ0v) is 16.4. The molecule has 0 spiro atoms. The Hall–Kier alpha value is -1.92. The van der Waals surface area contributed by atoms with Crippen molar-refractivity contribution in [3.8, 4) is 0 Å². The average Bonchev–Trinajstić information content (AvgIpc) is 2.52. The van der Waals surface area contributed by atoms with Crippen LogP contribution in [0, 0.1) is 0 Å². The van der Waals surface area contributed by atoms with Crippen LogP contribution in [0.3, 0.4) is 0 Å². The number of alkyl carbamates (subject to hydrolysis) is 1. The van der Waals surface area contributed by atoms with Crippen molar-refractivity contribution in [1.82, 2.24) is 10.0 Å². The summed E-state index contributed by atoms with van der Waals surface area (Å²) in [6.45, 7) is 6.71. The molecule has 6 heteroatoms. The molecular weight excluding hydrogens is 334 g/mol. The van der Waals surface area contributed by atoms with Gasteiger partial charge in [-0.25, -0.2) is 4.79 Å². The van der Waals surface area contributed by atoms with Crippen molar-refractivity contribution >= 4 is 34.5 Å². The van der Waals surface area contributed by atoms with Crippen LogP contribution >= 0.6 is 11.9 Å². The van der Waals surface area contributed by atoms with Crippen LogP contribution in [0.4, 0.5) is 10.5 Å². The van der Waals surface area contributed by atoms with E-state index >= 15 is 0 Å². The first-order valence-corrected chi connectivity index (χ1v) is 9.15. The molecule has 0 aliphatic heterocycles. The van der Waals surface area contributed by atoms with E-state index in [4.69, 9.17) is 4.74 Å². The lowest BCUT2D eigenvalue weighted by atomic mass is 10.1. The van der Waals surface area contributed by atoms with Gasteiger partial charge in [0.05, 0.1) is 0 Å². The minimum atomic E-state index is -0.473. The van der Waals surface area contributed by atoms with Gasteiger partial charge in [-0.1, -0.05) is 24.3 Å². The van der Waals surface area contributed by atoms with Crippen LogP contribution < -0.4 is 14.9 Å². The number of nitrogens with zero attached hydrogens (tertiary/aromatic N) is 1. The van der Waals surface area contributed by atoms with Crippen molar-refractivity contribution in [2.24, 2.45) is 0 Å². The van der Waals surface area contributed by atoms with Crippen LogP contribution in [0.5, 0.6) is 0 Å². The maximum atomic E-state index is 11.6. The molecule has 1 amide bonds. The zero-order chi connectivity index (χ0) is 18.4. The van der Waals surface area contributed by atoms with Crippen molar-refractivity contribution < 1.29 is 9.53 Å². The van der Waals surface area contributed by atoms with E-state index < -0.39 is 5.60 Å². The molecular formula is C19H27N3O2S. The Bertz CT molecular complexity index is 726. The third-order valence-corrected chi connectivity index (χ3v) is 4.34. The Morgan fingerprint density at radius 2 is 1.76 bits per heavy atom. The summed E-state index contributed by atoms with van der Waals surface area (Å²) in [5.74, 6) is 0. The number of benzene rings is 2. The van der Waals surface area contributed by atoms with Crippen LogP contribution in [0.15, 0.2) is 41.3 Å². The van der Waals surface area contributed by atoms with Gasteiger partial charge in [-0.05, 0) is 50.2 Å². The highest BCUT2D eigenvalue weighted by Crippen LogP contribution is 2.31. The van der Waals surface area contributed by atoms with E-state index in [1.807, 2.05) is 20.8 Å². The highest BCUT2D eigenvalue weighted by Gasteiger charge is 2.15. The van der Waals surface area contributed by atoms with Gasteiger partial charge in [-0.15, -0.1) is 0 Å². The Morgan fingerprint density at radius 3 is 2.44 bits per heavy atom. The number of carbonyl (C=O) groups is 1. The minimum Gasteiger partial charge on any atom is -0.444 e. The largest absolute Gasteiger partial charge is 0.444 e. The Morgan fingerprint density at radius 1 is 1.08 bits per heavy atom. The van der Waals surface area contributed by atoms with Crippen molar-refractivity contribution in [1.29, 1.82) is 0 Å². The molecule has 0 saturated carbocycles. The molecule has 0 aromatic heterocycles. The Labute approximate surface area is 154 Å². The van der Waals surface area contributed by atoms with Gasteiger partial charge >= 0.3 is 6.09 Å². The number of carbonyl (C=O) groups excluding carboxylic acids is 1. The lowest BCUT2D eigenvalue weighted by Crippen LogP contribution is -2.35. The van der Waals surface area contributed by atoms with E-state index in [2.05, 4.69) is 65.4 Å². The molecule has 2 N–H and O–H groups in total. The van der Waals surface area contributed by atoms with E-state index in [-0.39, 0.29) is 6.09 Å². The van der Waals surface area contributed by atoms with Gasteiger partial charge in [0.15, 0.2) is 0 Å². The number of hydrogen-bond donors (Lipinski definition) is 2. The maximum Gasteiger partial charge on any atom is 0.407 e. The minimum absolute atomic E-state index is 0.389. The van der Waals surface area contributed by atoms with Crippen LogP contribution in [-0.2, 0) is 4.74 Å². The van der Waals surface area contributed by atoms with Gasteiger partial charge in [0, 0.05) is 43.2 Å². The molecule has 0 unspecified atom stereocenters. The van der Waals surface area contributed by atoms with E-state index in [0.29, 0.717) is 13.1 Å². The molecule has 2 aromatic rings. The Kier molecular flexibility index (Phi) is 6.56. The van der Waals surface area contributed by atoms with Crippen LogP contribution in [0.25, 0.3) is 10.8 Å². The first-order chi connectivity index (χ1) is 11.8. The summed E-state index contributed by atoms with van der Waals surface area (Å²) in [5.41, 5.74) is 0.728. The highest BCUT2D eigenvalue weighted by atomic mass is 32.2. The van der Waals surface area contributed by atoms with Crippen molar-refractivity contribution in [3.63, 3.8) is 0 Å². The van der Waals surface area contributed by atoms with Gasteiger partial charge in [0.1, 0.15) is 5.60 Å². The second-order valence-corrected chi connectivity index (χ2v) is 7.88. The van der Waals surface area contributed by atoms with Crippen LogP contribution in [-0.4, -0.2) is 38.9 Å². The fourth-order valence-corrected chi connectivity index (χ4v) is 3.20. The number of nitrogens with one attached hydrogen (secondary N) is 2. The summed E-state index contributed by atoms with van der Waals surface area (Å²) in [4.78, 5) is 14.9. The van der Waals surface area contributed by atoms with Gasteiger partial charge < -0.3 is 15.0 Å². The smallest absolute Gasteiger partial charge is 0.407 e. The van der Waals surface area contributed by atoms with Gasteiger partial charge in [-0.2, -0.15) is 0 Å². The summed E-state index contributed by atoms with van der Waals surface area (Å²) in [6, 6.07) is 12.6. The summed E-state index contributed by atoms with van der Waals surface area (Å²) in [5, 5.41) is 5.19. The molecule has 0 fully saturated rings. The summed E-state index contributed by atoms with van der Waals surface area (Å²) in [6.07, 6.45) is -0.389. The molecule has 0 heterocycles. The number of anilines is 1. The summed E-state index contributed by atoms with van der Waals surface area (Å²) >= 11 is 1.57. The molecule has 0 aliphatic carbocycles. The molecule has 2 rings (SSSR count). The first-order valence-electron chi connectivity index (χ1n) is 8.33. The van der Waals surface area contributed by atoms with E-state index in [0.717, 1.165) is 0 Å². The third kappa shape index (κ3) is 5.83. The summed E-state index contributed by atoms with van der Waals surface area (Å²) < 4.78 is 8.50. The monoisotopic (exact) mass is 361 g/mol. The quantitative estimate of drug-likeness (QED) is 0.601. The fourth-order valence-electron chi connectivity index (χ4n) is 2.40. The fraction of sp³-hybridized carbons (Fsp3) is 0.421. The predicted octanol–water partition coefficient (Wildman–Crippen LogP) is 4.03. The molecule has 0 saturated heterocycles. The number of rotatable bonds is 6. The predicted molar refractivity (Wildman–Crippen MR) is 106 cm³/mol. The lowest BCUT2D eigenvalue weighted by molar-refractivity contribution is 0.0529. The molecule has 0 bridgehead atoms. The van der Waals surface area contributed by atoms with Gasteiger partial charge in [0.2, 0.25) is 0 Å². The molecule has 136 valence electrons. The van der Waals surface area contributed by atoms with E-state index in [1.54, 1.807) is 11.9 Å². The van der Waals surface area contributed by atoms with Crippen molar-refractivity contribution in [2.45, 2.75) is 31.3 Å². The number of hydrogen-bond acceptors (Lipinski definition) is 5. The molecule has 25 heavy (non-hydrogen) atoms. The van der Waals surface area contributed by atoms with E-state index in [1.165, 1.54) is 21.4 Å². The SMILES string of the molecule is CN(C)c1cccc2c(SNCCNC(=O)OC(C)(C)C)cccc12. The Balaban J connectivity index is 1.90. The highest BCUT2D eigenvalue weighted by molar-refractivity contribution is 7.97. The lowest BCUT2D eigenvalue weighted by Gasteiger charge is -2.19. The molecule has 5 nitrogen and oxygen atoms in total. The normalized spacial score (nSPS) is 11.4. The molecule has 2 aromatic carbocycles. The van der Waals surface area contributed by atoms with Gasteiger partial charge in [-0.3, -0.25) is 4.72 Å². The first kappa shape index (κ1) is 19.4. The topological polar surface area (TPSA) is 53.6 Å². The molecule has 0 atom stereocenters. The maximum absolute atomic E-state index is 11.6. The van der Waals surface area contributed by atoms with Crippen LogP contribution in [0.2, 0.25) is 0 Å². The van der Waals surface area contributed by atoms with E-state index in [9.17, 15) is 4.79 Å². The standard InChI is InChI=1S/C19H27N3O2S/c1-19(2,3)24-18(23)20-12-13-21-25-17-11-7-8-14-15(17)9-6-10-16(14)22(4)5/h6-11,21H,12-13H2,1-5H3,(H,20,23). The number of amides is 1. The van der Waals surface area contributed by atoms with Gasteiger partial charge in [0.25, 0.3) is 0 Å². The second kappa shape index (κ2) is 8.45. The second-order valence-electron chi connectivity index (χ2n) is 6.95. The van der Waals surface area contributed by atoms with Crippen molar-refractivity contribution in [2.75, 3.05) is 32.1 Å².